The van der Waals surface area contributed by atoms with Crippen LogP contribution in [0.1, 0.15) is 40.4 Å². The van der Waals surface area contributed by atoms with Gasteiger partial charge in [-0.15, -0.1) is 10.2 Å². The first-order chi connectivity index (χ1) is 17.0. The summed E-state index contributed by atoms with van der Waals surface area (Å²) in [5, 5.41) is 16.0. The highest BCUT2D eigenvalue weighted by Gasteiger charge is 2.38. The molecule has 1 amide bonds. The monoisotopic (exact) mass is 481 g/mol. The number of alkyl halides is 2. The second-order valence-electron chi connectivity index (χ2n) is 7.76. The van der Waals surface area contributed by atoms with Crippen LogP contribution < -0.4 is 4.74 Å². The van der Waals surface area contributed by atoms with E-state index in [1.807, 2.05) is 18.2 Å². The number of methoxy groups -OCH3 is 1. The lowest BCUT2D eigenvalue weighted by atomic mass is 9.99. The number of aromatic amines is 1. The van der Waals surface area contributed by atoms with Crippen molar-refractivity contribution in [3.8, 4) is 17.3 Å². The summed E-state index contributed by atoms with van der Waals surface area (Å²) in [5.41, 5.74) is 2.89. The lowest BCUT2D eigenvalue weighted by Crippen LogP contribution is -2.41. The molecule has 14 heteroatoms. The number of carbonyl (C=O) groups excluding carboxylic acids is 1. The van der Waals surface area contributed by atoms with E-state index in [1.165, 1.54) is 6.07 Å². The van der Waals surface area contributed by atoms with Gasteiger partial charge >= 0.3 is 18.3 Å². The Morgan fingerprint density at radius 2 is 2.14 bits per heavy atom. The van der Waals surface area contributed by atoms with Crippen molar-refractivity contribution in [2.45, 2.75) is 19.0 Å². The van der Waals surface area contributed by atoms with Crippen molar-refractivity contribution in [1.29, 1.82) is 0 Å². The number of amides is 1. The fourth-order valence-corrected chi connectivity index (χ4v) is 4.21. The van der Waals surface area contributed by atoms with Crippen molar-refractivity contribution in [2.24, 2.45) is 0 Å². The van der Waals surface area contributed by atoms with Gasteiger partial charge in [0.05, 0.1) is 24.8 Å². The lowest BCUT2D eigenvalue weighted by Gasteiger charge is -2.32. The van der Waals surface area contributed by atoms with Gasteiger partial charge in [0.2, 0.25) is 0 Å². The molecule has 6 rings (SSSR count). The van der Waals surface area contributed by atoms with Crippen LogP contribution in [0.25, 0.3) is 17.1 Å². The standard InChI is InChI=1S/C21H17F2N9O3/c1-34-15-3-2-6-31-14(15)9-13(29-31)17-16-11(24-10-25-16)4-7-30(17)20(33)19-27-26-18(35-19)12-5-8-32(28-12)21(22)23/h2-3,5-6,8-10,17,21H,4,7H2,1H3,(H,24,25)/t17-/m1/s1. The number of imidazole rings is 1. The van der Waals surface area contributed by atoms with E-state index < -0.39 is 18.5 Å². The fourth-order valence-electron chi connectivity index (χ4n) is 4.21. The van der Waals surface area contributed by atoms with Crippen LogP contribution in [0.15, 0.2) is 47.4 Å². The first-order valence-corrected chi connectivity index (χ1v) is 10.6. The predicted octanol–water partition coefficient (Wildman–Crippen LogP) is 2.50. The minimum Gasteiger partial charge on any atom is -0.494 e. The molecule has 5 aromatic heterocycles. The Kier molecular flexibility index (Phi) is 4.79. The molecule has 0 radical (unpaired) electrons. The van der Waals surface area contributed by atoms with Crippen molar-refractivity contribution in [2.75, 3.05) is 13.7 Å². The third kappa shape index (κ3) is 3.41. The number of nitrogens with one attached hydrogen (secondary N) is 1. The molecule has 1 N–H and O–H groups in total. The normalized spacial score (nSPS) is 15.7. The molecule has 35 heavy (non-hydrogen) atoms. The van der Waals surface area contributed by atoms with Gasteiger partial charge in [-0.1, -0.05) is 0 Å². The third-order valence-electron chi connectivity index (χ3n) is 5.80. The van der Waals surface area contributed by atoms with Crippen LogP contribution >= 0.6 is 0 Å². The van der Waals surface area contributed by atoms with Crippen molar-refractivity contribution < 1.29 is 22.7 Å². The number of carbonyl (C=O) groups is 1. The van der Waals surface area contributed by atoms with Gasteiger partial charge in [0.1, 0.15) is 23.0 Å². The van der Waals surface area contributed by atoms with Crippen LogP contribution in [0.4, 0.5) is 8.78 Å². The summed E-state index contributed by atoms with van der Waals surface area (Å²) in [5.74, 6) is -0.345. The second kappa shape index (κ2) is 8.00. The molecule has 0 bridgehead atoms. The molecular weight excluding hydrogens is 464 g/mol. The summed E-state index contributed by atoms with van der Waals surface area (Å²) in [6.07, 6.45) is 4.98. The van der Waals surface area contributed by atoms with Crippen LogP contribution in [0, 0.1) is 0 Å². The number of H-pyrrole nitrogens is 1. The molecule has 0 fully saturated rings. The van der Waals surface area contributed by atoms with Crippen LogP contribution in [-0.2, 0) is 6.42 Å². The highest BCUT2D eigenvalue weighted by atomic mass is 19.3. The average Bonchev–Trinajstić information content (AvgIpc) is 3.67. The molecule has 1 aliphatic rings. The number of aromatic nitrogens is 8. The van der Waals surface area contributed by atoms with E-state index in [9.17, 15) is 13.6 Å². The van der Waals surface area contributed by atoms with Gasteiger partial charge in [-0.25, -0.2) is 14.2 Å². The molecule has 1 aliphatic heterocycles. The average molecular weight is 481 g/mol. The van der Waals surface area contributed by atoms with E-state index in [0.29, 0.717) is 34.8 Å². The largest absolute Gasteiger partial charge is 0.494 e. The molecule has 0 aliphatic carbocycles. The second-order valence-corrected chi connectivity index (χ2v) is 7.76. The summed E-state index contributed by atoms with van der Waals surface area (Å²) in [7, 11) is 1.57. The number of fused-ring (bicyclic) bond motifs is 2. The number of pyridine rings is 1. The molecule has 0 saturated carbocycles. The maximum Gasteiger partial charge on any atom is 0.333 e. The number of halogens is 2. The summed E-state index contributed by atoms with van der Waals surface area (Å²) in [6, 6.07) is 6.14. The van der Waals surface area contributed by atoms with Crippen LogP contribution in [0.2, 0.25) is 0 Å². The SMILES string of the molecule is COc1cccn2nc([C@@H]3c4nc[nH]c4CCN3C(=O)c3nnc(-c4ccn(C(F)F)n4)o3)cc12. The van der Waals surface area contributed by atoms with Gasteiger partial charge in [-0.2, -0.15) is 19.0 Å². The zero-order chi connectivity index (χ0) is 24.1. The van der Waals surface area contributed by atoms with Crippen LogP contribution in [0.5, 0.6) is 5.75 Å². The molecule has 0 unspecified atom stereocenters. The molecule has 178 valence electrons. The quantitative estimate of drug-likeness (QED) is 0.405. The van der Waals surface area contributed by atoms with Crippen molar-refractivity contribution in [1.82, 2.24) is 44.5 Å². The molecule has 0 saturated heterocycles. The first-order valence-electron chi connectivity index (χ1n) is 10.6. The number of hydrogen-bond acceptors (Lipinski definition) is 8. The molecule has 6 heterocycles. The molecule has 12 nitrogen and oxygen atoms in total. The van der Waals surface area contributed by atoms with Crippen molar-refractivity contribution >= 4 is 11.4 Å². The topological polar surface area (TPSA) is 132 Å². The van der Waals surface area contributed by atoms with Crippen LogP contribution in [-0.4, -0.2) is 64.0 Å². The van der Waals surface area contributed by atoms with Gasteiger partial charge in [-0.3, -0.25) is 4.79 Å². The Bertz CT molecular complexity index is 1540. The number of nitrogens with zero attached hydrogens (tertiary/aromatic N) is 8. The maximum absolute atomic E-state index is 13.5. The number of hydrogen-bond donors (Lipinski definition) is 1. The third-order valence-corrected chi connectivity index (χ3v) is 5.80. The Balaban J connectivity index is 1.38. The van der Waals surface area contributed by atoms with E-state index in [0.717, 1.165) is 17.4 Å². The molecule has 0 spiro atoms. The number of ether oxygens (including phenoxy) is 1. The minimum absolute atomic E-state index is 0.0362. The summed E-state index contributed by atoms with van der Waals surface area (Å²) >= 11 is 0. The Labute approximate surface area is 195 Å². The molecular formula is C21H17F2N9O3. The van der Waals surface area contributed by atoms with E-state index >= 15 is 0 Å². The zero-order valence-corrected chi connectivity index (χ0v) is 18.2. The zero-order valence-electron chi connectivity index (χ0n) is 18.2. The van der Waals surface area contributed by atoms with E-state index in [4.69, 9.17) is 9.15 Å². The Morgan fingerprint density at radius 1 is 1.26 bits per heavy atom. The lowest BCUT2D eigenvalue weighted by molar-refractivity contribution is 0.0566. The maximum atomic E-state index is 13.5. The Morgan fingerprint density at radius 3 is 2.94 bits per heavy atom. The van der Waals surface area contributed by atoms with E-state index in [1.54, 1.807) is 29.0 Å². The smallest absolute Gasteiger partial charge is 0.333 e. The van der Waals surface area contributed by atoms with E-state index in [-0.39, 0.29) is 17.5 Å². The summed E-state index contributed by atoms with van der Waals surface area (Å²) in [4.78, 5) is 22.6. The highest BCUT2D eigenvalue weighted by Crippen LogP contribution is 2.35. The fraction of sp³-hybridized carbons (Fsp3) is 0.238. The van der Waals surface area contributed by atoms with E-state index in [2.05, 4.69) is 30.4 Å². The van der Waals surface area contributed by atoms with Gasteiger partial charge in [0, 0.05) is 31.1 Å². The van der Waals surface area contributed by atoms with Gasteiger partial charge in [-0.05, 0) is 24.3 Å². The van der Waals surface area contributed by atoms with Gasteiger partial charge in [0.15, 0.2) is 0 Å². The molecule has 1 atom stereocenters. The Hall–Kier alpha value is -4.62. The minimum atomic E-state index is -2.81. The summed E-state index contributed by atoms with van der Waals surface area (Å²) < 4.78 is 38.8. The highest BCUT2D eigenvalue weighted by molar-refractivity contribution is 5.90. The van der Waals surface area contributed by atoms with Crippen LogP contribution in [0.3, 0.4) is 0 Å². The predicted molar refractivity (Wildman–Crippen MR) is 114 cm³/mol. The van der Waals surface area contributed by atoms with Gasteiger partial charge in [0.25, 0.3) is 5.89 Å². The molecule has 5 aromatic rings. The number of rotatable bonds is 5. The summed E-state index contributed by atoms with van der Waals surface area (Å²) in [6.45, 7) is -2.48. The van der Waals surface area contributed by atoms with Gasteiger partial charge < -0.3 is 19.0 Å². The van der Waals surface area contributed by atoms with Crippen molar-refractivity contribution in [3.05, 3.63) is 66.0 Å². The molecule has 0 aromatic carbocycles. The first kappa shape index (κ1) is 20.9. The van der Waals surface area contributed by atoms with Crippen molar-refractivity contribution in [3.63, 3.8) is 0 Å².